The summed E-state index contributed by atoms with van der Waals surface area (Å²) < 4.78 is 26.6. The van der Waals surface area contributed by atoms with Gasteiger partial charge in [-0.2, -0.15) is 0 Å². The zero-order chi connectivity index (χ0) is 13.8. The minimum absolute atomic E-state index is 0.0978. The minimum atomic E-state index is -0.551. The van der Waals surface area contributed by atoms with Gasteiger partial charge in [0.1, 0.15) is 11.6 Å². The maximum atomic E-state index is 13.7. The molecule has 0 fully saturated rings. The van der Waals surface area contributed by atoms with Crippen LogP contribution >= 0.6 is 0 Å². The molecule has 100 valence electrons. The number of nitrogens with one attached hydrogen (secondary N) is 1. The average Bonchev–Trinajstić information content (AvgIpc) is 2.39. The van der Waals surface area contributed by atoms with Gasteiger partial charge in [0.05, 0.1) is 0 Å². The Bertz CT molecular complexity index is 540. The summed E-state index contributed by atoms with van der Waals surface area (Å²) in [6, 6.07) is 13.5. The van der Waals surface area contributed by atoms with Crippen molar-refractivity contribution in [3.8, 4) is 0 Å². The second-order valence-electron chi connectivity index (χ2n) is 4.69. The predicted octanol–water partition coefficient (Wildman–Crippen LogP) is 4.38. The van der Waals surface area contributed by atoms with Crippen molar-refractivity contribution in [2.24, 2.45) is 0 Å². The van der Waals surface area contributed by atoms with E-state index in [2.05, 4.69) is 5.32 Å². The molecule has 2 rings (SSSR count). The van der Waals surface area contributed by atoms with Crippen LogP contribution in [0.2, 0.25) is 0 Å². The van der Waals surface area contributed by atoms with Crippen molar-refractivity contribution in [3.63, 3.8) is 0 Å². The quantitative estimate of drug-likeness (QED) is 0.861. The van der Waals surface area contributed by atoms with Crippen molar-refractivity contribution in [1.82, 2.24) is 5.32 Å². The largest absolute Gasteiger partial charge is 0.304 e. The highest BCUT2D eigenvalue weighted by Gasteiger charge is 2.14. The van der Waals surface area contributed by atoms with Crippen LogP contribution < -0.4 is 5.32 Å². The highest BCUT2D eigenvalue weighted by molar-refractivity contribution is 5.23. The predicted molar refractivity (Wildman–Crippen MR) is 72.8 cm³/mol. The van der Waals surface area contributed by atoms with E-state index in [1.54, 1.807) is 0 Å². The molecular formula is C16H17F2N. The normalized spacial score (nSPS) is 14.1. The van der Waals surface area contributed by atoms with Crippen LogP contribution in [-0.2, 0) is 0 Å². The molecule has 0 aliphatic carbocycles. The first-order chi connectivity index (χ1) is 9.08. The minimum Gasteiger partial charge on any atom is -0.304 e. The van der Waals surface area contributed by atoms with Crippen molar-refractivity contribution < 1.29 is 8.78 Å². The van der Waals surface area contributed by atoms with Gasteiger partial charge in [-0.1, -0.05) is 36.4 Å². The van der Waals surface area contributed by atoms with Gasteiger partial charge in [0.25, 0.3) is 0 Å². The summed E-state index contributed by atoms with van der Waals surface area (Å²) in [5, 5.41) is 3.31. The van der Waals surface area contributed by atoms with E-state index in [-0.39, 0.29) is 12.1 Å². The molecule has 1 nitrogen and oxygen atoms in total. The van der Waals surface area contributed by atoms with E-state index in [9.17, 15) is 8.78 Å². The van der Waals surface area contributed by atoms with E-state index in [0.29, 0.717) is 5.56 Å². The van der Waals surface area contributed by atoms with E-state index >= 15 is 0 Å². The topological polar surface area (TPSA) is 12.0 Å². The van der Waals surface area contributed by atoms with Crippen LogP contribution in [0.25, 0.3) is 0 Å². The Morgan fingerprint density at radius 1 is 0.895 bits per heavy atom. The van der Waals surface area contributed by atoms with Crippen LogP contribution in [0.3, 0.4) is 0 Å². The Morgan fingerprint density at radius 3 is 2.21 bits per heavy atom. The molecule has 19 heavy (non-hydrogen) atoms. The summed E-state index contributed by atoms with van der Waals surface area (Å²) in [5.74, 6) is -1.06. The molecule has 0 aromatic heterocycles. The molecule has 0 radical (unpaired) electrons. The maximum Gasteiger partial charge on any atom is 0.130 e. The van der Waals surface area contributed by atoms with Gasteiger partial charge in [0.2, 0.25) is 0 Å². The summed E-state index contributed by atoms with van der Waals surface area (Å²) in [5.41, 5.74) is 1.61. The molecule has 1 N–H and O–H groups in total. The van der Waals surface area contributed by atoms with Crippen molar-refractivity contribution in [3.05, 3.63) is 71.3 Å². The number of rotatable bonds is 4. The zero-order valence-corrected chi connectivity index (χ0v) is 11.0. The standard InChI is InChI=1S/C16H17F2N/c1-11(13-6-4-3-5-7-13)19-12(2)15-9-8-14(17)10-16(15)18/h3-12,19H,1-2H3. The Hall–Kier alpha value is -1.74. The second kappa shape index (κ2) is 5.93. The summed E-state index contributed by atoms with van der Waals surface area (Å²) >= 11 is 0. The van der Waals surface area contributed by atoms with Crippen LogP contribution in [-0.4, -0.2) is 0 Å². The molecule has 3 heteroatoms. The third-order valence-corrected chi connectivity index (χ3v) is 3.23. The van der Waals surface area contributed by atoms with E-state index < -0.39 is 11.6 Å². The van der Waals surface area contributed by atoms with Crippen LogP contribution in [0.1, 0.15) is 37.1 Å². The highest BCUT2D eigenvalue weighted by Crippen LogP contribution is 2.21. The van der Waals surface area contributed by atoms with Gasteiger partial charge in [-0.05, 0) is 25.5 Å². The lowest BCUT2D eigenvalue weighted by atomic mass is 10.0. The third kappa shape index (κ3) is 3.38. The van der Waals surface area contributed by atoms with Gasteiger partial charge in [0.15, 0.2) is 0 Å². The Labute approximate surface area is 112 Å². The van der Waals surface area contributed by atoms with E-state index in [1.807, 2.05) is 44.2 Å². The fourth-order valence-corrected chi connectivity index (χ4v) is 2.16. The molecule has 0 bridgehead atoms. The second-order valence-corrected chi connectivity index (χ2v) is 4.69. The summed E-state index contributed by atoms with van der Waals surface area (Å²) in [6.07, 6.45) is 0. The summed E-state index contributed by atoms with van der Waals surface area (Å²) in [6.45, 7) is 3.89. The van der Waals surface area contributed by atoms with Crippen LogP contribution in [0.4, 0.5) is 8.78 Å². The molecule has 2 unspecified atom stereocenters. The lowest BCUT2D eigenvalue weighted by Gasteiger charge is -2.21. The van der Waals surface area contributed by atoms with Gasteiger partial charge in [-0.15, -0.1) is 0 Å². The Morgan fingerprint density at radius 2 is 1.58 bits per heavy atom. The number of hydrogen-bond donors (Lipinski definition) is 1. The zero-order valence-electron chi connectivity index (χ0n) is 11.0. The number of benzene rings is 2. The highest BCUT2D eigenvalue weighted by atomic mass is 19.1. The first-order valence-electron chi connectivity index (χ1n) is 6.34. The maximum absolute atomic E-state index is 13.7. The molecule has 0 heterocycles. The fourth-order valence-electron chi connectivity index (χ4n) is 2.16. The lowest BCUT2D eigenvalue weighted by Crippen LogP contribution is -2.23. The van der Waals surface area contributed by atoms with Gasteiger partial charge in [-0.25, -0.2) is 8.78 Å². The van der Waals surface area contributed by atoms with Gasteiger partial charge >= 0.3 is 0 Å². The first-order valence-corrected chi connectivity index (χ1v) is 6.34. The van der Waals surface area contributed by atoms with E-state index in [0.717, 1.165) is 11.6 Å². The molecule has 0 amide bonds. The fraction of sp³-hybridized carbons (Fsp3) is 0.250. The Kier molecular flexibility index (Phi) is 4.27. The van der Waals surface area contributed by atoms with Crippen LogP contribution in [0.15, 0.2) is 48.5 Å². The monoisotopic (exact) mass is 261 g/mol. The molecule has 0 aliphatic heterocycles. The smallest absolute Gasteiger partial charge is 0.130 e. The molecule has 0 spiro atoms. The summed E-state index contributed by atoms with van der Waals surface area (Å²) in [7, 11) is 0. The van der Waals surface area contributed by atoms with E-state index in [1.165, 1.54) is 12.1 Å². The molecular weight excluding hydrogens is 244 g/mol. The van der Waals surface area contributed by atoms with Crippen molar-refractivity contribution >= 4 is 0 Å². The van der Waals surface area contributed by atoms with Gasteiger partial charge in [-0.3, -0.25) is 0 Å². The molecule has 0 saturated carbocycles. The Balaban J connectivity index is 2.10. The van der Waals surface area contributed by atoms with E-state index in [4.69, 9.17) is 0 Å². The van der Waals surface area contributed by atoms with Crippen molar-refractivity contribution in [2.45, 2.75) is 25.9 Å². The van der Waals surface area contributed by atoms with Gasteiger partial charge in [0, 0.05) is 23.7 Å². The number of halogens is 2. The summed E-state index contributed by atoms with van der Waals surface area (Å²) in [4.78, 5) is 0. The molecule has 0 saturated heterocycles. The lowest BCUT2D eigenvalue weighted by molar-refractivity contribution is 0.470. The van der Waals surface area contributed by atoms with Crippen LogP contribution in [0, 0.1) is 11.6 Å². The third-order valence-electron chi connectivity index (χ3n) is 3.23. The molecule has 0 aliphatic rings. The molecule has 2 aromatic carbocycles. The van der Waals surface area contributed by atoms with Gasteiger partial charge < -0.3 is 5.32 Å². The van der Waals surface area contributed by atoms with Crippen molar-refractivity contribution in [1.29, 1.82) is 0 Å². The SMILES string of the molecule is CC(NC(C)c1ccc(F)cc1F)c1ccccc1. The molecule has 2 atom stereocenters. The molecule has 2 aromatic rings. The van der Waals surface area contributed by atoms with Crippen LogP contribution in [0.5, 0.6) is 0 Å². The number of hydrogen-bond acceptors (Lipinski definition) is 1. The average molecular weight is 261 g/mol. The first kappa shape index (κ1) is 13.7. The van der Waals surface area contributed by atoms with Crippen molar-refractivity contribution in [2.75, 3.05) is 0 Å².